The fraction of sp³-hybridized carbons (Fsp3) is 0.318. The SMILES string of the molecule is N#Cc1ccccc1NC(=O)C1CCC(C(=O)NCc2ccccc2F)CC1. The average molecular weight is 379 g/mol. The quantitative estimate of drug-likeness (QED) is 0.830. The number of hydrogen-bond donors (Lipinski definition) is 2. The Kier molecular flexibility index (Phi) is 6.38. The van der Waals surface area contributed by atoms with Crippen LogP contribution in [0.15, 0.2) is 48.5 Å². The highest BCUT2D eigenvalue weighted by atomic mass is 19.1. The Morgan fingerprint density at radius 3 is 2.25 bits per heavy atom. The van der Waals surface area contributed by atoms with E-state index < -0.39 is 0 Å². The monoisotopic (exact) mass is 379 g/mol. The molecule has 0 radical (unpaired) electrons. The van der Waals surface area contributed by atoms with Crippen molar-refractivity contribution < 1.29 is 14.0 Å². The lowest BCUT2D eigenvalue weighted by Crippen LogP contribution is -2.35. The highest BCUT2D eigenvalue weighted by Crippen LogP contribution is 2.30. The minimum Gasteiger partial charge on any atom is -0.352 e. The van der Waals surface area contributed by atoms with Gasteiger partial charge in [-0.2, -0.15) is 5.26 Å². The van der Waals surface area contributed by atoms with Gasteiger partial charge in [0.15, 0.2) is 0 Å². The lowest BCUT2D eigenvalue weighted by atomic mass is 9.81. The fourth-order valence-electron chi connectivity index (χ4n) is 3.51. The molecule has 0 aliphatic heterocycles. The molecule has 2 aromatic rings. The number of rotatable bonds is 5. The van der Waals surface area contributed by atoms with Crippen molar-refractivity contribution in [1.82, 2.24) is 5.32 Å². The standard InChI is InChI=1S/C22H22FN3O2/c23-19-7-3-1-6-18(19)14-25-21(27)15-9-11-16(12-10-15)22(28)26-20-8-4-2-5-17(20)13-24/h1-8,15-16H,9-12,14H2,(H,25,27)(H,26,28). The van der Waals surface area contributed by atoms with Crippen molar-refractivity contribution in [1.29, 1.82) is 5.26 Å². The van der Waals surface area contributed by atoms with Gasteiger partial charge in [-0.15, -0.1) is 0 Å². The van der Waals surface area contributed by atoms with Gasteiger partial charge in [0, 0.05) is 23.9 Å². The third-order valence-corrected chi connectivity index (χ3v) is 5.19. The molecule has 3 rings (SSSR count). The van der Waals surface area contributed by atoms with Crippen LogP contribution in [0.3, 0.4) is 0 Å². The van der Waals surface area contributed by atoms with E-state index in [9.17, 15) is 14.0 Å². The van der Waals surface area contributed by atoms with E-state index in [0.29, 0.717) is 42.5 Å². The highest BCUT2D eigenvalue weighted by molar-refractivity contribution is 5.94. The summed E-state index contributed by atoms with van der Waals surface area (Å²) in [6, 6.07) is 15.3. The first kappa shape index (κ1) is 19.6. The maximum atomic E-state index is 13.6. The molecular formula is C22H22FN3O2. The van der Waals surface area contributed by atoms with Gasteiger partial charge in [-0.25, -0.2) is 4.39 Å². The zero-order valence-corrected chi connectivity index (χ0v) is 15.5. The molecule has 1 aliphatic rings. The Balaban J connectivity index is 1.48. The number of para-hydroxylation sites is 1. The van der Waals surface area contributed by atoms with Crippen molar-refractivity contribution in [2.45, 2.75) is 32.2 Å². The number of halogens is 1. The third kappa shape index (κ3) is 4.74. The number of nitrogens with zero attached hydrogens (tertiary/aromatic N) is 1. The summed E-state index contributed by atoms with van der Waals surface area (Å²) in [5.41, 5.74) is 1.40. The van der Waals surface area contributed by atoms with E-state index in [2.05, 4.69) is 16.7 Å². The van der Waals surface area contributed by atoms with Gasteiger partial charge in [0.1, 0.15) is 11.9 Å². The van der Waals surface area contributed by atoms with Crippen LogP contribution in [-0.2, 0) is 16.1 Å². The van der Waals surface area contributed by atoms with E-state index in [0.717, 1.165) is 0 Å². The molecule has 1 fully saturated rings. The van der Waals surface area contributed by atoms with Crippen LogP contribution in [0.2, 0.25) is 0 Å². The molecule has 0 heterocycles. The molecular weight excluding hydrogens is 357 g/mol. The Bertz CT molecular complexity index is 899. The summed E-state index contributed by atoms with van der Waals surface area (Å²) in [7, 11) is 0. The Labute approximate surface area is 163 Å². The summed E-state index contributed by atoms with van der Waals surface area (Å²) in [6.45, 7) is 0.164. The van der Waals surface area contributed by atoms with Gasteiger partial charge in [0.25, 0.3) is 0 Å². The minimum absolute atomic E-state index is 0.100. The van der Waals surface area contributed by atoms with E-state index in [4.69, 9.17) is 5.26 Å². The first-order chi connectivity index (χ1) is 13.6. The number of anilines is 1. The lowest BCUT2D eigenvalue weighted by Gasteiger charge is -2.27. The predicted molar refractivity (Wildman–Crippen MR) is 103 cm³/mol. The van der Waals surface area contributed by atoms with Crippen LogP contribution in [0.1, 0.15) is 36.8 Å². The summed E-state index contributed by atoms with van der Waals surface area (Å²) < 4.78 is 13.6. The van der Waals surface area contributed by atoms with Gasteiger partial charge >= 0.3 is 0 Å². The molecule has 0 spiro atoms. The second-order valence-electron chi connectivity index (χ2n) is 7.00. The smallest absolute Gasteiger partial charge is 0.227 e. The Morgan fingerprint density at radius 1 is 0.964 bits per heavy atom. The molecule has 0 bridgehead atoms. The molecule has 2 N–H and O–H groups in total. The molecule has 0 unspecified atom stereocenters. The van der Waals surface area contributed by atoms with Crippen LogP contribution in [0.5, 0.6) is 0 Å². The summed E-state index contributed by atoms with van der Waals surface area (Å²) in [4.78, 5) is 24.9. The molecule has 0 saturated heterocycles. The van der Waals surface area contributed by atoms with Crippen LogP contribution in [-0.4, -0.2) is 11.8 Å². The van der Waals surface area contributed by atoms with Gasteiger partial charge in [0.05, 0.1) is 11.3 Å². The molecule has 6 heteroatoms. The first-order valence-corrected chi connectivity index (χ1v) is 9.39. The fourth-order valence-corrected chi connectivity index (χ4v) is 3.51. The van der Waals surface area contributed by atoms with E-state index in [1.807, 2.05) is 0 Å². The van der Waals surface area contributed by atoms with Crippen LogP contribution in [0.4, 0.5) is 10.1 Å². The van der Waals surface area contributed by atoms with Crippen molar-refractivity contribution in [3.8, 4) is 6.07 Å². The van der Waals surface area contributed by atoms with Crippen molar-refractivity contribution >= 4 is 17.5 Å². The average Bonchev–Trinajstić information content (AvgIpc) is 2.73. The molecule has 28 heavy (non-hydrogen) atoms. The Morgan fingerprint density at radius 2 is 1.57 bits per heavy atom. The normalized spacial score (nSPS) is 18.7. The number of nitrogens with one attached hydrogen (secondary N) is 2. The summed E-state index contributed by atoms with van der Waals surface area (Å²) in [6.07, 6.45) is 2.44. The van der Waals surface area contributed by atoms with Gasteiger partial charge in [-0.1, -0.05) is 30.3 Å². The first-order valence-electron chi connectivity index (χ1n) is 9.39. The topological polar surface area (TPSA) is 82.0 Å². The molecule has 1 aliphatic carbocycles. The largest absolute Gasteiger partial charge is 0.352 e. The van der Waals surface area contributed by atoms with Gasteiger partial charge in [-0.3, -0.25) is 9.59 Å². The summed E-state index contributed by atoms with van der Waals surface area (Å²) in [5, 5.41) is 14.7. The van der Waals surface area contributed by atoms with Gasteiger partial charge < -0.3 is 10.6 Å². The summed E-state index contributed by atoms with van der Waals surface area (Å²) in [5.74, 6) is -0.893. The van der Waals surface area contributed by atoms with Crippen molar-refractivity contribution in [2.24, 2.45) is 11.8 Å². The van der Waals surface area contributed by atoms with Crippen molar-refractivity contribution in [3.05, 3.63) is 65.5 Å². The molecule has 0 aromatic heterocycles. The molecule has 2 aromatic carbocycles. The van der Waals surface area contributed by atoms with E-state index in [-0.39, 0.29) is 36.0 Å². The molecule has 2 amide bonds. The van der Waals surface area contributed by atoms with Crippen LogP contribution in [0.25, 0.3) is 0 Å². The van der Waals surface area contributed by atoms with Crippen molar-refractivity contribution in [2.75, 3.05) is 5.32 Å². The second kappa shape index (κ2) is 9.14. The van der Waals surface area contributed by atoms with Gasteiger partial charge in [-0.05, 0) is 43.9 Å². The molecule has 5 nitrogen and oxygen atoms in total. The molecule has 144 valence electrons. The molecule has 1 saturated carbocycles. The maximum Gasteiger partial charge on any atom is 0.227 e. The number of carbonyl (C=O) groups excluding carboxylic acids is 2. The highest BCUT2D eigenvalue weighted by Gasteiger charge is 2.30. The third-order valence-electron chi connectivity index (χ3n) is 5.19. The maximum absolute atomic E-state index is 13.6. The lowest BCUT2D eigenvalue weighted by molar-refractivity contribution is -0.128. The summed E-state index contributed by atoms with van der Waals surface area (Å²) >= 11 is 0. The number of hydrogen-bond acceptors (Lipinski definition) is 3. The van der Waals surface area contributed by atoms with E-state index in [1.54, 1.807) is 42.5 Å². The van der Waals surface area contributed by atoms with Crippen LogP contribution < -0.4 is 10.6 Å². The van der Waals surface area contributed by atoms with E-state index in [1.165, 1.54) is 6.07 Å². The number of benzene rings is 2. The van der Waals surface area contributed by atoms with Crippen LogP contribution >= 0.6 is 0 Å². The number of amides is 2. The zero-order valence-electron chi connectivity index (χ0n) is 15.5. The van der Waals surface area contributed by atoms with Gasteiger partial charge in [0.2, 0.25) is 11.8 Å². The second-order valence-corrected chi connectivity index (χ2v) is 7.00. The van der Waals surface area contributed by atoms with Crippen LogP contribution in [0, 0.1) is 29.0 Å². The predicted octanol–water partition coefficient (Wildman–Crippen LogP) is 3.76. The minimum atomic E-state index is -0.333. The van der Waals surface area contributed by atoms with Crippen molar-refractivity contribution in [3.63, 3.8) is 0 Å². The number of carbonyl (C=O) groups is 2. The number of nitriles is 1. The zero-order chi connectivity index (χ0) is 19.9. The Hall–Kier alpha value is -3.20. The molecule has 0 atom stereocenters. The van der Waals surface area contributed by atoms with E-state index >= 15 is 0 Å².